The van der Waals surface area contributed by atoms with Crippen molar-refractivity contribution in [2.45, 2.75) is 39.8 Å². The molecule has 5 rings (SSSR count). The molecule has 0 spiro atoms. The number of hydrogen-bond donors (Lipinski definition) is 1. The molecule has 0 aliphatic carbocycles. The van der Waals surface area contributed by atoms with Crippen LogP contribution in [0.4, 0.5) is 5.69 Å². The maximum absolute atomic E-state index is 5.89. The molecule has 4 heterocycles. The number of aryl methyl sites for hydroxylation is 2. The molecule has 1 aliphatic heterocycles. The molecule has 35 heavy (non-hydrogen) atoms. The summed E-state index contributed by atoms with van der Waals surface area (Å²) in [4.78, 5) is 11.5. The molecule has 2 atom stereocenters. The van der Waals surface area contributed by atoms with Gasteiger partial charge in [-0.05, 0) is 106 Å². The third-order valence-corrected chi connectivity index (χ3v) is 6.76. The van der Waals surface area contributed by atoms with Crippen molar-refractivity contribution in [2.75, 3.05) is 11.5 Å². The van der Waals surface area contributed by atoms with E-state index in [1.807, 2.05) is 49.6 Å². The summed E-state index contributed by atoms with van der Waals surface area (Å²) < 4.78 is 7.88. The van der Waals surface area contributed by atoms with Crippen LogP contribution in [0.1, 0.15) is 47.2 Å². The predicted molar refractivity (Wildman–Crippen MR) is 143 cm³/mol. The number of benzene rings is 1. The van der Waals surface area contributed by atoms with Crippen molar-refractivity contribution < 1.29 is 4.74 Å². The molecule has 1 aliphatic rings. The van der Waals surface area contributed by atoms with E-state index in [1.165, 1.54) is 11.1 Å². The van der Waals surface area contributed by atoms with Gasteiger partial charge < -0.3 is 19.5 Å². The van der Waals surface area contributed by atoms with Crippen molar-refractivity contribution in [3.8, 4) is 11.6 Å². The molecule has 1 saturated heterocycles. The second kappa shape index (κ2) is 9.50. The normalized spacial score (nSPS) is 17.5. The Morgan fingerprint density at radius 3 is 2.46 bits per heavy atom. The van der Waals surface area contributed by atoms with E-state index in [4.69, 9.17) is 17.0 Å². The SMILES string of the molecule is CCOc1ccc(N2C(=S)N[C@H](c3ccccn3)[C@H]2c2cc(C)n(-c3cc(C)ccn3)c2C)cc1. The molecule has 1 fully saturated rings. The zero-order valence-corrected chi connectivity index (χ0v) is 21.2. The molecule has 0 saturated carbocycles. The second-order valence-corrected chi connectivity index (χ2v) is 9.16. The van der Waals surface area contributed by atoms with Gasteiger partial charge in [-0.2, -0.15) is 0 Å². The summed E-state index contributed by atoms with van der Waals surface area (Å²) >= 11 is 5.89. The first-order valence-corrected chi connectivity index (χ1v) is 12.2. The van der Waals surface area contributed by atoms with Gasteiger partial charge in [0.2, 0.25) is 0 Å². The van der Waals surface area contributed by atoms with E-state index in [2.05, 4.69) is 75.9 Å². The molecule has 1 aromatic carbocycles. The molecular weight excluding hydrogens is 454 g/mol. The Kier molecular flexibility index (Phi) is 6.26. The van der Waals surface area contributed by atoms with Crippen molar-refractivity contribution in [1.82, 2.24) is 19.9 Å². The monoisotopic (exact) mass is 483 g/mol. The third kappa shape index (κ3) is 4.28. The summed E-state index contributed by atoms with van der Waals surface area (Å²) in [7, 11) is 0. The van der Waals surface area contributed by atoms with Crippen LogP contribution in [-0.4, -0.2) is 26.3 Å². The Hall–Kier alpha value is -3.71. The standard InChI is InChI=1S/C28H29N5OS/c1-5-34-22-11-9-21(10-12-22)33-27(26(31-28(33)35)24-8-6-7-14-29-24)23-17-19(3)32(20(23)4)25-16-18(2)13-15-30-25/h6-17,26-27H,5H2,1-4H3,(H,31,35)/t26-,27-/m1/s1. The van der Waals surface area contributed by atoms with Crippen LogP contribution in [0.3, 0.4) is 0 Å². The summed E-state index contributed by atoms with van der Waals surface area (Å²) in [5.74, 6) is 1.76. The van der Waals surface area contributed by atoms with Gasteiger partial charge in [0.15, 0.2) is 5.11 Å². The smallest absolute Gasteiger partial charge is 0.174 e. The zero-order chi connectivity index (χ0) is 24.5. The highest BCUT2D eigenvalue weighted by molar-refractivity contribution is 7.80. The lowest BCUT2D eigenvalue weighted by atomic mass is 9.96. The number of thiocarbonyl (C=S) groups is 1. The van der Waals surface area contributed by atoms with E-state index < -0.39 is 0 Å². The lowest BCUT2D eigenvalue weighted by Gasteiger charge is -2.28. The van der Waals surface area contributed by atoms with Crippen LogP contribution in [0, 0.1) is 20.8 Å². The number of ether oxygens (including phenoxy) is 1. The number of hydrogen-bond acceptors (Lipinski definition) is 4. The lowest BCUT2D eigenvalue weighted by molar-refractivity contribution is 0.340. The summed E-state index contributed by atoms with van der Waals surface area (Å²) in [6, 6.07) is 20.3. The topological polar surface area (TPSA) is 55.2 Å². The van der Waals surface area contributed by atoms with Gasteiger partial charge in [0.25, 0.3) is 0 Å². The molecule has 0 bridgehead atoms. The first kappa shape index (κ1) is 23.1. The Bertz CT molecular complexity index is 1350. The minimum atomic E-state index is -0.102. The van der Waals surface area contributed by atoms with Crippen molar-refractivity contribution in [1.29, 1.82) is 0 Å². The summed E-state index contributed by atoms with van der Waals surface area (Å²) in [5.41, 5.74) is 6.58. The summed E-state index contributed by atoms with van der Waals surface area (Å²) in [5, 5.41) is 4.22. The summed E-state index contributed by atoms with van der Waals surface area (Å²) in [6.45, 7) is 8.98. The van der Waals surface area contributed by atoms with Gasteiger partial charge in [0, 0.05) is 29.5 Å². The van der Waals surface area contributed by atoms with Gasteiger partial charge in [-0.25, -0.2) is 4.98 Å². The average Bonchev–Trinajstić information content (AvgIpc) is 3.35. The number of anilines is 1. The van der Waals surface area contributed by atoms with Crippen molar-refractivity contribution in [2.24, 2.45) is 0 Å². The van der Waals surface area contributed by atoms with Gasteiger partial charge in [-0.1, -0.05) is 6.07 Å². The van der Waals surface area contributed by atoms with Gasteiger partial charge in [0.05, 0.1) is 24.4 Å². The van der Waals surface area contributed by atoms with Crippen LogP contribution in [0.5, 0.6) is 5.75 Å². The fourth-order valence-corrected chi connectivity index (χ4v) is 5.25. The predicted octanol–water partition coefficient (Wildman–Crippen LogP) is 5.77. The molecule has 7 heteroatoms. The van der Waals surface area contributed by atoms with Gasteiger partial charge >= 0.3 is 0 Å². The lowest BCUT2D eigenvalue weighted by Crippen LogP contribution is -2.29. The molecule has 4 aromatic rings. The minimum absolute atomic E-state index is 0.0832. The molecule has 178 valence electrons. The van der Waals surface area contributed by atoms with Crippen LogP contribution in [0.25, 0.3) is 5.82 Å². The summed E-state index contributed by atoms with van der Waals surface area (Å²) in [6.07, 6.45) is 3.69. The third-order valence-electron chi connectivity index (χ3n) is 6.44. The highest BCUT2D eigenvalue weighted by Gasteiger charge is 2.42. The highest BCUT2D eigenvalue weighted by Crippen LogP contribution is 2.43. The van der Waals surface area contributed by atoms with Crippen LogP contribution in [-0.2, 0) is 0 Å². The van der Waals surface area contributed by atoms with E-state index in [0.717, 1.165) is 34.3 Å². The fourth-order valence-electron chi connectivity index (χ4n) is 4.90. The Labute approximate surface area is 211 Å². The first-order chi connectivity index (χ1) is 17.0. The number of rotatable bonds is 6. The fraction of sp³-hybridized carbons (Fsp3) is 0.250. The van der Waals surface area contributed by atoms with E-state index in [-0.39, 0.29) is 12.1 Å². The quantitative estimate of drug-likeness (QED) is 0.352. The number of nitrogens with zero attached hydrogens (tertiary/aromatic N) is 4. The van der Waals surface area contributed by atoms with Gasteiger partial charge in [-0.15, -0.1) is 0 Å². The van der Waals surface area contributed by atoms with E-state index in [9.17, 15) is 0 Å². The van der Waals surface area contributed by atoms with Crippen LogP contribution in [0.2, 0.25) is 0 Å². The molecule has 0 unspecified atom stereocenters. The number of nitrogens with one attached hydrogen (secondary N) is 1. The highest BCUT2D eigenvalue weighted by atomic mass is 32.1. The molecule has 0 amide bonds. The molecule has 6 nitrogen and oxygen atoms in total. The molecule has 3 aromatic heterocycles. The van der Waals surface area contributed by atoms with E-state index in [1.54, 1.807) is 0 Å². The Balaban J connectivity index is 1.64. The second-order valence-electron chi connectivity index (χ2n) is 8.78. The maximum Gasteiger partial charge on any atom is 0.174 e. The molecule has 0 radical (unpaired) electrons. The Morgan fingerprint density at radius 2 is 1.77 bits per heavy atom. The average molecular weight is 484 g/mol. The van der Waals surface area contributed by atoms with Crippen molar-refractivity contribution >= 4 is 23.0 Å². The van der Waals surface area contributed by atoms with Crippen LogP contribution >= 0.6 is 12.2 Å². The van der Waals surface area contributed by atoms with Crippen LogP contribution < -0.4 is 15.0 Å². The number of pyridine rings is 2. The van der Waals surface area contributed by atoms with Gasteiger partial charge in [-0.3, -0.25) is 4.98 Å². The number of aromatic nitrogens is 3. The minimum Gasteiger partial charge on any atom is -0.494 e. The molecular formula is C28H29N5OS. The molecule has 1 N–H and O–H groups in total. The zero-order valence-electron chi connectivity index (χ0n) is 20.4. The van der Waals surface area contributed by atoms with E-state index in [0.29, 0.717) is 11.7 Å². The largest absolute Gasteiger partial charge is 0.494 e. The van der Waals surface area contributed by atoms with Crippen molar-refractivity contribution in [3.63, 3.8) is 0 Å². The van der Waals surface area contributed by atoms with Gasteiger partial charge in [0.1, 0.15) is 11.6 Å². The van der Waals surface area contributed by atoms with Crippen LogP contribution in [0.15, 0.2) is 73.1 Å². The first-order valence-electron chi connectivity index (χ1n) is 11.8. The van der Waals surface area contributed by atoms with E-state index >= 15 is 0 Å². The Morgan fingerprint density at radius 1 is 0.971 bits per heavy atom. The maximum atomic E-state index is 5.89. The van der Waals surface area contributed by atoms with Crippen molar-refractivity contribution in [3.05, 3.63) is 101 Å².